The van der Waals surface area contributed by atoms with Gasteiger partial charge in [-0.3, -0.25) is 0 Å². The average molecular weight is 329 g/mol. The minimum atomic E-state index is -3.22. The number of nitriles is 1. The molecule has 0 bridgehead atoms. The Morgan fingerprint density at radius 2 is 2.29 bits per heavy atom. The first-order valence-electron chi connectivity index (χ1n) is 6.56. The van der Waals surface area contributed by atoms with E-state index in [1.54, 1.807) is 13.1 Å². The van der Waals surface area contributed by atoms with Gasteiger partial charge in [-0.15, -0.1) is 0 Å². The highest BCUT2D eigenvalue weighted by Gasteiger charge is 2.29. The van der Waals surface area contributed by atoms with Gasteiger partial charge in [0.25, 0.3) is 0 Å². The van der Waals surface area contributed by atoms with Crippen LogP contribution in [0, 0.1) is 11.3 Å². The number of aromatic nitrogens is 1. The van der Waals surface area contributed by atoms with Crippen LogP contribution in [0.1, 0.15) is 18.4 Å². The van der Waals surface area contributed by atoms with Gasteiger partial charge in [0.15, 0.2) is 0 Å². The van der Waals surface area contributed by atoms with Crippen LogP contribution >= 0.6 is 11.6 Å². The minimum Gasteiger partial charge on any atom is -0.354 e. The van der Waals surface area contributed by atoms with Gasteiger partial charge >= 0.3 is 0 Å². The molecule has 114 valence electrons. The molecular formula is C13H17ClN4O2S. The predicted molar refractivity (Wildman–Crippen MR) is 81.8 cm³/mol. The fourth-order valence-corrected chi connectivity index (χ4v) is 3.44. The second kappa shape index (κ2) is 6.18. The molecule has 1 aliphatic rings. The molecule has 1 aromatic heterocycles. The maximum atomic E-state index is 11.7. The molecule has 6 nitrogen and oxygen atoms in total. The number of piperidine rings is 1. The third-order valence-electron chi connectivity index (χ3n) is 3.68. The van der Waals surface area contributed by atoms with Gasteiger partial charge in [0.2, 0.25) is 10.0 Å². The number of sulfonamides is 1. The van der Waals surface area contributed by atoms with Gasteiger partial charge in [-0.1, -0.05) is 11.6 Å². The van der Waals surface area contributed by atoms with Crippen molar-refractivity contribution >= 4 is 27.4 Å². The van der Waals surface area contributed by atoms with Crippen LogP contribution in [0.5, 0.6) is 0 Å². The van der Waals surface area contributed by atoms with Crippen molar-refractivity contribution in [1.29, 1.82) is 5.26 Å². The van der Waals surface area contributed by atoms with E-state index >= 15 is 0 Å². The van der Waals surface area contributed by atoms with E-state index in [9.17, 15) is 8.42 Å². The lowest BCUT2D eigenvalue weighted by Gasteiger charge is -2.37. The molecule has 0 amide bonds. The van der Waals surface area contributed by atoms with Crippen molar-refractivity contribution in [3.63, 3.8) is 0 Å². The number of anilines is 1. The van der Waals surface area contributed by atoms with Crippen LogP contribution in [0.25, 0.3) is 0 Å². The number of likely N-dealkylation sites (N-methyl/N-ethyl adjacent to an activating group) is 1. The minimum absolute atomic E-state index is 0.0951. The summed E-state index contributed by atoms with van der Waals surface area (Å²) in [6.07, 6.45) is 4.36. The van der Waals surface area contributed by atoms with Crippen molar-refractivity contribution in [3.8, 4) is 6.07 Å². The second-order valence-electron chi connectivity index (χ2n) is 5.16. The molecule has 1 fully saturated rings. The maximum Gasteiger partial charge on any atom is 0.211 e. The van der Waals surface area contributed by atoms with E-state index in [4.69, 9.17) is 16.9 Å². The summed E-state index contributed by atoms with van der Waals surface area (Å²) in [4.78, 5) is 6.20. The highest BCUT2D eigenvalue weighted by molar-refractivity contribution is 7.88. The number of pyridine rings is 1. The number of halogens is 1. The third-order valence-corrected chi connectivity index (χ3v) is 5.31. The number of hydrogen-bond donors (Lipinski definition) is 0. The molecule has 21 heavy (non-hydrogen) atoms. The Balaban J connectivity index is 2.20. The van der Waals surface area contributed by atoms with Crippen LogP contribution in [-0.2, 0) is 10.0 Å². The first-order valence-corrected chi connectivity index (χ1v) is 8.79. The molecule has 8 heteroatoms. The van der Waals surface area contributed by atoms with E-state index in [1.165, 1.54) is 16.8 Å². The molecule has 0 radical (unpaired) electrons. The molecule has 0 aliphatic carbocycles. The van der Waals surface area contributed by atoms with Crippen molar-refractivity contribution in [2.45, 2.75) is 18.9 Å². The summed E-state index contributed by atoms with van der Waals surface area (Å²) in [5.74, 6) is 0.599. The first kappa shape index (κ1) is 16.0. The van der Waals surface area contributed by atoms with Crippen molar-refractivity contribution in [2.24, 2.45) is 0 Å². The molecule has 0 N–H and O–H groups in total. The Labute approximate surface area is 130 Å². The number of rotatable bonds is 3. The Hall–Kier alpha value is -1.36. The summed E-state index contributed by atoms with van der Waals surface area (Å²) >= 11 is 6.17. The predicted octanol–water partition coefficient (Wildman–Crippen LogP) is 1.47. The van der Waals surface area contributed by atoms with E-state index in [1.807, 2.05) is 11.0 Å². The highest BCUT2D eigenvalue weighted by atomic mass is 35.5. The van der Waals surface area contributed by atoms with Gasteiger partial charge in [0, 0.05) is 32.4 Å². The van der Waals surface area contributed by atoms with E-state index in [0.717, 1.165) is 19.4 Å². The average Bonchev–Trinajstić information content (AvgIpc) is 2.45. The number of hydrogen-bond acceptors (Lipinski definition) is 5. The molecule has 0 saturated carbocycles. The van der Waals surface area contributed by atoms with Gasteiger partial charge < -0.3 is 4.90 Å². The van der Waals surface area contributed by atoms with Gasteiger partial charge in [-0.2, -0.15) is 5.26 Å². The summed E-state index contributed by atoms with van der Waals surface area (Å²) in [7, 11) is -1.62. The van der Waals surface area contributed by atoms with Crippen molar-refractivity contribution in [2.75, 3.05) is 31.3 Å². The van der Waals surface area contributed by atoms with Gasteiger partial charge in [0.05, 0.1) is 16.8 Å². The molecule has 2 heterocycles. The number of nitrogens with zero attached hydrogens (tertiary/aromatic N) is 4. The summed E-state index contributed by atoms with van der Waals surface area (Å²) in [5, 5.41) is 9.25. The third kappa shape index (κ3) is 3.64. The van der Waals surface area contributed by atoms with Crippen molar-refractivity contribution in [1.82, 2.24) is 9.29 Å². The van der Waals surface area contributed by atoms with Crippen LogP contribution < -0.4 is 4.90 Å². The Morgan fingerprint density at radius 3 is 2.86 bits per heavy atom. The fourth-order valence-electron chi connectivity index (χ4n) is 2.44. The summed E-state index contributed by atoms with van der Waals surface area (Å²) < 4.78 is 24.7. The molecule has 2 rings (SSSR count). The fraction of sp³-hybridized carbons (Fsp3) is 0.538. The van der Waals surface area contributed by atoms with Crippen LogP contribution in [0.2, 0.25) is 5.02 Å². The maximum absolute atomic E-state index is 11.7. The van der Waals surface area contributed by atoms with Gasteiger partial charge in [-0.25, -0.2) is 17.7 Å². The monoisotopic (exact) mass is 328 g/mol. The van der Waals surface area contributed by atoms with Crippen molar-refractivity contribution < 1.29 is 8.42 Å². The lowest BCUT2D eigenvalue weighted by atomic mass is 10.1. The molecule has 1 atom stereocenters. The lowest BCUT2D eigenvalue weighted by Crippen LogP contribution is -2.48. The zero-order valence-electron chi connectivity index (χ0n) is 12.0. The van der Waals surface area contributed by atoms with Crippen LogP contribution in [-0.4, -0.2) is 50.1 Å². The van der Waals surface area contributed by atoms with Crippen LogP contribution in [0.15, 0.2) is 12.3 Å². The molecule has 0 spiro atoms. The molecule has 1 unspecified atom stereocenters. The normalized spacial score (nSPS) is 19.6. The second-order valence-corrected chi connectivity index (χ2v) is 7.61. The SMILES string of the molecule is CN(C1CCCN(c2ncc(C#N)cc2Cl)C1)S(C)(=O)=O. The Morgan fingerprint density at radius 1 is 1.57 bits per heavy atom. The molecule has 0 aromatic carbocycles. The van der Waals surface area contributed by atoms with Gasteiger partial charge in [-0.05, 0) is 18.9 Å². The van der Waals surface area contributed by atoms with Gasteiger partial charge in [0.1, 0.15) is 11.9 Å². The van der Waals surface area contributed by atoms with Crippen molar-refractivity contribution in [3.05, 3.63) is 22.8 Å². The zero-order valence-corrected chi connectivity index (χ0v) is 13.5. The Kier molecular flexibility index (Phi) is 4.71. The molecule has 1 aliphatic heterocycles. The largest absolute Gasteiger partial charge is 0.354 e. The molecule has 1 saturated heterocycles. The van der Waals surface area contributed by atoms with E-state index < -0.39 is 10.0 Å². The van der Waals surface area contributed by atoms with Crippen LogP contribution in [0.4, 0.5) is 5.82 Å². The Bertz CT molecular complexity index is 671. The first-order chi connectivity index (χ1) is 9.82. The quantitative estimate of drug-likeness (QED) is 0.839. The van der Waals surface area contributed by atoms with E-state index in [2.05, 4.69) is 4.98 Å². The summed E-state index contributed by atoms with van der Waals surface area (Å²) in [6, 6.07) is 3.47. The summed E-state index contributed by atoms with van der Waals surface area (Å²) in [6.45, 7) is 1.31. The van der Waals surface area contributed by atoms with Crippen LogP contribution in [0.3, 0.4) is 0 Å². The van der Waals surface area contributed by atoms with E-state index in [0.29, 0.717) is 22.9 Å². The topological polar surface area (TPSA) is 77.3 Å². The standard InChI is InChI=1S/C13H17ClN4O2S/c1-17(21(2,19)20)11-4-3-5-18(9-11)13-12(14)6-10(7-15)8-16-13/h6,8,11H,3-5,9H2,1-2H3. The smallest absolute Gasteiger partial charge is 0.211 e. The molecular weight excluding hydrogens is 312 g/mol. The molecule has 1 aromatic rings. The highest BCUT2D eigenvalue weighted by Crippen LogP contribution is 2.28. The zero-order chi connectivity index (χ0) is 15.6. The lowest BCUT2D eigenvalue weighted by molar-refractivity contribution is 0.321. The summed E-state index contributed by atoms with van der Waals surface area (Å²) in [5.41, 5.74) is 0.408. The van der Waals surface area contributed by atoms with E-state index in [-0.39, 0.29) is 6.04 Å².